The Bertz CT molecular complexity index is 558. The molecular weight excluding hydrogens is 268 g/mol. The second kappa shape index (κ2) is 4.72. The summed E-state index contributed by atoms with van der Waals surface area (Å²) < 4.78 is 26.5. The molecule has 1 aromatic carbocycles. The summed E-state index contributed by atoms with van der Waals surface area (Å²) in [4.78, 5) is 2.11. The molecule has 0 spiro atoms. The molecule has 0 amide bonds. The molecule has 0 aromatic heterocycles. The van der Waals surface area contributed by atoms with Crippen LogP contribution in [0, 0.1) is 5.82 Å². The minimum atomic E-state index is -0.632. The third-order valence-electron chi connectivity index (χ3n) is 5.06. The average molecular weight is 291 g/mol. The molecule has 0 saturated carbocycles. The minimum absolute atomic E-state index is 0.249. The van der Waals surface area contributed by atoms with Gasteiger partial charge in [0.1, 0.15) is 5.82 Å². The van der Waals surface area contributed by atoms with Gasteiger partial charge in [0.25, 0.3) is 0 Å². The summed E-state index contributed by atoms with van der Waals surface area (Å²) in [5.41, 5.74) is 1.78. The molecule has 5 heteroatoms. The third-order valence-corrected chi connectivity index (χ3v) is 5.06. The maximum Gasteiger partial charge on any atom is 0.497 e. The van der Waals surface area contributed by atoms with Gasteiger partial charge < -0.3 is 14.2 Å². The fourth-order valence-electron chi connectivity index (χ4n) is 2.96. The zero-order valence-electron chi connectivity index (χ0n) is 13.5. The summed E-state index contributed by atoms with van der Waals surface area (Å²) in [5, 5.41) is 0. The first-order chi connectivity index (χ1) is 9.71. The molecule has 0 aliphatic carbocycles. The van der Waals surface area contributed by atoms with Gasteiger partial charge in [-0.15, -0.1) is 0 Å². The van der Waals surface area contributed by atoms with Crippen LogP contribution in [-0.2, 0) is 15.7 Å². The number of nitrogens with zero attached hydrogens (tertiary/aromatic N) is 1. The standard InChI is InChI=1S/C16H23BFNO2/c1-15(2)16(3,4)21-17(20-15)12-9-11-7-6-8-19(5)14(11)10-13(12)18/h9-10H,6-8H2,1-5H3. The Labute approximate surface area is 126 Å². The highest BCUT2D eigenvalue weighted by Gasteiger charge is 2.52. The Morgan fingerprint density at radius 1 is 1.14 bits per heavy atom. The molecule has 1 saturated heterocycles. The molecular formula is C16H23BFNO2. The SMILES string of the molecule is CN1CCCc2cc(B3OC(C)(C)C(C)(C)O3)c(F)cc21. The van der Waals surface area contributed by atoms with Crippen LogP contribution in [0.25, 0.3) is 0 Å². The molecule has 0 atom stereocenters. The normalized spacial score (nSPS) is 23.3. The van der Waals surface area contributed by atoms with Crippen LogP contribution in [0.4, 0.5) is 10.1 Å². The van der Waals surface area contributed by atoms with Crippen molar-refractivity contribution in [3.05, 3.63) is 23.5 Å². The van der Waals surface area contributed by atoms with E-state index in [9.17, 15) is 4.39 Å². The Morgan fingerprint density at radius 3 is 2.38 bits per heavy atom. The largest absolute Gasteiger partial charge is 0.497 e. The second-order valence-corrected chi connectivity index (χ2v) is 7.12. The first-order valence-corrected chi connectivity index (χ1v) is 7.60. The van der Waals surface area contributed by atoms with Gasteiger partial charge in [0.2, 0.25) is 0 Å². The van der Waals surface area contributed by atoms with Crippen molar-refractivity contribution in [2.75, 3.05) is 18.5 Å². The lowest BCUT2D eigenvalue weighted by atomic mass is 9.77. The molecule has 2 aliphatic heterocycles. The van der Waals surface area contributed by atoms with Crippen LogP contribution in [0.15, 0.2) is 12.1 Å². The molecule has 3 nitrogen and oxygen atoms in total. The lowest BCUT2D eigenvalue weighted by Gasteiger charge is -2.32. The van der Waals surface area contributed by atoms with Crippen molar-refractivity contribution in [3.8, 4) is 0 Å². The summed E-state index contributed by atoms with van der Waals surface area (Å²) >= 11 is 0. The summed E-state index contributed by atoms with van der Waals surface area (Å²) in [5.74, 6) is -0.249. The third kappa shape index (κ3) is 2.36. The summed E-state index contributed by atoms with van der Waals surface area (Å²) in [6, 6.07) is 3.54. The molecule has 21 heavy (non-hydrogen) atoms. The number of fused-ring (bicyclic) bond motifs is 1. The van der Waals surface area contributed by atoms with Crippen LogP contribution in [0.5, 0.6) is 0 Å². The molecule has 0 bridgehead atoms. The molecule has 1 aromatic rings. The monoisotopic (exact) mass is 291 g/mol. The van der Waals surface area contributed by atoms with Crippen LogP contribution < -0.4 is 10.4 Å². The number of aryl methyl sites for hydroxylation is 1. The van der Waals surface area contributed by atoms with Crippen molar-refractivity contribution >= 4 is 18.3 Å². The highest BCUT2D eigenvalue weighted by molar-refractivity contribution is 6.62. The van der Waals surface area contributed by atoms with E-state index < -0.39 is 18.3 Å². The molecule has 114 valence electrons. The van der Waals surface area contributed by atoms with E-state index in [2.05, 4.69) is 4.90 Å². The fraction of sp³-hybridized carbons (Fsp3) is 0.625. The van der Waals surface area contributed by atoms with Crippen LogP contribution in [0.3, 0.4) is 0 Å². The first kappa shape index (κ1) is 14.9. The van der Waals surface area contributed by atoms with Crippen LogP contribution in [0.1, 0.15) is 39.7 Å². The summed E-state index contributed by atoms with van der Waals surface area (Å²) in [6.45, 7) is 8.91. The highest BCUT2D eigenvalue weighted by Crippen LogP contribution is 2.37. The van der Waals surface area contributed by atoms with E-state index in [4.69, 9.17) is 9.31 Å². The van der Waals surface area contributed by atoms with Crippen molar-refractivity contribution in [3.63, 3.8) is 0 Å². The van der Waals surface area contributed by atoms with Gasteiger partial charge >= 0.3 is 7.12 Å². The fourth-order valence-corrected chi connectivity index (χ4v) is 2.96. The van der Waals surface area contributed by atoms with Crippen LogP contribution in [-0.4, -0.2) is 31.9 Å². The van der Waals surface area contributed by atoms with E-state index >= 15 is 0 Å². The van der Waals surface area contributed by atoms with Gasteiger partial charge in [-0.05, 0) is 52.2 Å². The van der Waals surface area contributed by atoms with E-state index in [-0.39, 0.29) is 5.82 Å². The Hall–Kier alpha value is -1.07. The van der Waals surface area contributed by atoms with Crippen molar-refractivity contribution in [1.29, 1.82) is 0 Å². The first-order valence-electron chi connectivity index (χ1n) is 7.60. The lowest BCUT2D eigenvalue weighted by Crippen LogP contribution is -2.41. The lowest BCUT2D eigenvalue weighted by molar-refractivity contribution is 0.00578. The zero-order valence-corrected chi connectivity index (χ0v) is 13.5. The number of benzene rings is 1. The average Bonchev–Trinajstić information content (AvgIpc) is 2.59. The molecule has 0 N–H and O–H groups in total. The Kier molecular flexibility index (Phi) is 3.34. The predicted octanol–water partition coefficient (Wildman–Crippen LogP) is 2.51. The van der Waals surface area contributed by atoms with Crippen molar-refractivity contribution in [2.45, 2.75) is 51.7 Å². The van der Waals surface area contributed by atoms with E-state index in [0.717, 1.165) is 25.1 Å². The number of hydrogen-bond acceptors (Lipinski definition) is 3. The number of anilines is 1. The predicted molar refractivity (Wildman–Crippen MR) is 83.7 cm³/mol. The molecule has 2 aliphatic rings. The van der Waals surface area contributed by atoms with Gasteiger partial charge in [-0.25, -0.2) is 4.39 Å². The quantitative estimate of drug-likeness (QED) is 0.742. The topological polar surface area (TPSA) is 21.7 Å². The number of halogens is 1. The van der Waals surface area contributed by atoms with Crippen molar-refractivity contribution in [2.24, 2.45) is 0 Å². The second-order valence-electron chi connectivity index (χ2n) is 7.12. The molecule has 0 radical (unpaired) electrons. The molecule has 1 fully saturated rings. The van der Waals surface area contributed by atoms with Gasteiger partial charge in [0.15, 0.2) is 0 Å². The van der Waals surface area contributed by atoms with Crippen LogP contribution >= 0.6 is 0 Å². The zero-order chi connectivity index (χ0) is 15.4. The molecule has 3 rings (SSSR count). The maximum atomic E-state index is 14.5. The van der Waals surface area contributed by atoms with Gasteiger partial charge in [0, 0.05) is 24.7 Å². The highest BCUT2D eigenvalue weighted by atomic mass is 19.1. The van der Waals surface area contributed by atoms with E-state index in [1.165, 1.54) is 5.56 Å². The van der Waals surface area contributed by atoms with Gasteiger partial charge in [-0.2, -0.15) is 0 Å². The summed E-state index contributed by atoms with van der Waals surface area (Å²) in [6.07, 6.45) is 2.07. The van der Waals surface area contributed by atoms with Crippen molar-refractivity contribution < 1.29 is 13.7 Å². The van der Waals surface area contributed by atoms with Gasteiger partial charge in [-0.1, -0.05) is 6.07 Å². The smallest absolute Gasteiger partial charge is 0.399 e. The summed E-state index contributed by atoms with van der Waals surface area (Å²) in [7, 11) is 1.37. The van der Waals surface area contributed by atoms with Crippen molar-refractivity contribution in [1.82, 2.24) is 0 Å². The van der Waals surface area contributed by atoms with E-state index in [1.807, 2.05) is 40.8 Å². The Morgan fingerprint density at radius 2 is 1.76 bits per heavy atom. The minimum Gasteiger partial charge on any atom is -0.399 e. The van der Waals surface area contributed by atoms with Crippen LogP contribution in [0.2, 0.25) is 0 Å². The van der Waals surface area contributed by atoms with Gasteiger partial charge in [-0.3, -0.25) is 0 Å². The molecule has 0 unspecified atom stereocenters. The Balaban J connectivity index is 1.98. The maximum absolute atomic E-state index is 14.5. The van der Waals surface area contributed by atoms with E-state index in [0.29, 0.717) is 5.46 Å². The number of rotatable bonds is 1. The number of hydrogen-bond donors (Lipinski definition) is 0. The van der Waals surface area contributed by atoms with E-state index in [1.54, 1.807) is 6.07 Å². The van der Waals surface area contributed by atoms with Gasteiger partial charge in [0.05, 0.1) is 11.2 Å². The molecule has 2 heterocycles.